The van der Waals surface area contributed by atoms with Gasteiger partial charge >= 0.3 is 0 Å². The third kappa shape index (κ3) is 0.509. The number of aldehydes is 1. The molecule has 0 aromatic rings. The molecule has 0 aromatic heterocycles. The summed E-state index contributed by atoms with van der Waals surface area (Å²) in [4.78, 5) is 10.1. The van der Waals surface area contributed by atoms with Crippen LogP contribution in [0.25, 0.3) is 0 Å². The third-order valence-electron chi connectivity index (χ3n) is 2.23. The van der Waals surface area contributed by atoms with Crippen molar-refractivity contribution in [2.45, 2.75) is 25.6 Å². The Morgan fingerprint density at radius 1 is 1.56 bits per heavy atom. The second-order valence-electron chi connectivity index (χ2n) is 3.07. The first-order chi connectivity index (χ1) is 3.97. The smallest absolute Gasteiger partial charge is 0.154 e. The molecule has 1 saturated carbocycles. The first-order valence-electron chi connectivity index (χ1n) is 2.83. The molecule has 0 spiro atoms. The quantitative estimate of drug-likeness (QED) is 0.462. The van der Waals surface area contributed by atoms with Gasteiger partial charge in [-0.2, -0.15) is 0 Å². The van der Waals surface area contributed by atoms with Crippen LogP contribution in [-0.2, 0) is 4.79 Å². The Labute approximate surface area is 53.3 Å². The number of carbonyl (C=O) groups excluding carboxylic acids is 1. The lowest BCUT2D eigenvalue weighted by atomic mass is 10.1. The van der Waals surface area contributed by atoms with Crippen LogP contribution in [0, 0.1) is 5.41 Å². The second-order valence-corrected chi connectivity index (χ2v) is 3.07. The topological polar surface area (TPSA) is 57.5 Å². The summed E-state index contributed by atoms with van der Waals surface area (Å²) in [5, 5.41) is 18.0. The maximum absolute atomic E-state index is 10.1. The predicted molar refractivity (Wildman–Crippen MR) is 30.8 cm³/mol. The highest BCUT2D eigenvalue weighted by Crippen LogP contribution is 2.53. The van der Waals surface area contributed by atoms with E-state index in [1.54, 1.807) is 13.8 Å². The summed E-state index contributed by atoms with van der Waals surface area (Å²) in [6, 6.07) is 0. The molecule has 52 valence electrons. The van der Waals surface area contributed by atoms with Gasteiger partial charge in [0.05, 0.1) is 6.10 Å². The van der Waals surface area contributed by atoms with E-state index in [4.69, 9.17) is 10.2 Å². The second kappa shape index (κ2) is 1.36. The van der Waals surface area contributed by atoms with E-state index in [0.717, 1.165) is 0 Å². The highest BCUT2D eigenvalue weighted by molar-refractivity contribution is 5.72. The fourth-order valence-corrected chi connectivity index (χ4v) is 0.963. The molecule has 9 heavy (non-hydrogen) atoms. The molecule has 2 N–H and O–H groups in total. The van der Waals surface area contributed by atoms with Crippen molar-refractivity contribution in [3.05, 3.63) is 0 Å². The van der Waals surface area contributed by atoms with Crippen molar-refractivity contribution in [1.29, 1.82) is 0 Å². The molecule has 0 amide bonds. The van der Waals surface area contributed by atoms with Gasteiger partial charge in [-0.25, -0.2) is 0 Å². The summed E-state index contributed by atoms with van der Waals surface area (Å²) in [6.45, 7) is 3.29. The minimum atomic E-state index is -1.48. The van der Waals surface area contributed by atoms with E-state index in [9.17, 15) is 4.79 Å². The van der Waals surface area contributed by atoms with E-state index in [-0.39, 0.29) is 0 Å². The standard InChI is InChI=1S/C6H10O3/c1-5(2)4(8)6(5,9)3-7/h3-4,8-9H,1-2H3/t4-,6-/m1/s1. The molecule has 1 rings (SSSR count). The molecular formula is C6H10O3. The third-order valence-corrected chi connectivity index (χ3v) is 2.23. The van der Waals surface area contributed by atoms with Gasteiger partial charge in [0.1, 0.15) is 0 Å². The Hall–Kier alpha value is -0.410. The molecule has 0 radical (unpaired) electrons. The molecule has 0 unspecified atom stereocenters. The normalized spacial score (nSPS) is 46.4. The van der Waals surface area contributed by atoms with Gasteiger partial charge in [-0.3, -0.25) is 0 Å². The van der Waals surface area contributed by atoms with Crippen molar-refractivity contribution in [1.82, 2.24) is 0 Å². The van der Waals surface area contributed by atoms with Crippen LogP contribution in [0.3, 0.4) is 0 Å². The molecule has 3 heteroatoms. The lowest BCUT2D eigenvalue weighted by Gasteiger charge is -2.00. The first kappa shape index (κ1) is 6.71. The van der Waals surface area contributed by atoms with Crippen LogP contribution in [0.4, 0.5) is 0 Å². The molecule has 0 heterocycles. The number of hydrogen-bond acceptors (Lipinski definition) is 3. The number of aliphatic hydroxyl groups is 2. The maximum Gasteiger partial charge on any atom is 0.154 e. The fraction of sp³-hybridized carbons (Fsp3) is 0.833. The van der Waals surface area contributed by atoms with Gasteiger partial charge in [0.2, 0.25) is 0 Å². The molecule has 1 aliphatic rings. The molecule has 3 nitrogen and oxygen atoms in total. The van der Waals surface area contributed by atoms with Crippen molar-refractivity contribution in [2.24, 2.45) is 5.41 Å². The van der Waals surface area contributed by atoms with Gasteiger partial charge in [-0.05, 0) is 0 Å². The van der Waals surface area contributed by atoms with E-state index in [0.29, 0.717) is 6.29 Å². The van der Waals surface area contributed by atoms with E-state index in [2.05, 4.69) is 0 Å². The van der Waals surface area contributed by atoms with Gasteiger partial charge < -0.3 is 15.0 Å². The van der Waals surface area contributed by atoms with Gasteiger partial charge in [0, 0.05) is 5.41 Å². The molecule has 0 aliphatic heterocycles. The zero-order chi connectivity index (χ0) is 7.28. The fourth-order valence-electron chi connectivity index (χ4n) is 0.963. The summed E-state index contributed by atoms with van der Waals surface area (Å²) in [5.41, 5.74) is -2.12. The Balaban J connectivity index is 2.81. The van der Waals surface area contributed by atoms with E-state index in [1.807, 2.05) is 0 Å². The van der Waals surface area contributed by atoms with Gasteiger partial charge in [-0.15, -0.1) is 0 Å². The van der Waals surface area contributed by atoms with Crippen LogP contribution in [0.5, 0.6) is 0 Å². The largest absolute Gasteiger partial charge is 0.389 e. The molecule has 1 fully saturated rings. The van der Waals surface area contributed by atoms with Gasteiger partial charge in [0.25, 0.3) is 0 Å². The van der Waals surface area contributed by atoms with Crippen molar-refractivity contribution in [2.75, 3.05) is 0 Å². The SMILES string of the molecule is CC1(C)[C@@H](O)[C@]1(O)C=O. The monoisotopic (exact) mass is 130 g/mol. The van der Waals surface area contributed by atoms with Crippen LogP contribution >= 0.6 is 0 Å². The van der Waals surface area contributed by atoms with Crippen molar-refractivity contribution in [3.63, 3.8) is 0 Å². The summed E-state index contributed by atoms with van der Waals surface area (Å²) in [5.74, 6) is 0. The number of carbonyl (C=O) groups is 1. The van der Waals surface area contributed by atoms with Crippen LogP contribution in [-0.4, -0.2) is 28.2 Å². The maximum atomic E-state index is 10.1. The minimum absolute atomic E-state index is 0.400. The predicted octanol–water partition coefficient (Wildman–Crippen LogP) is -0.683. The average molecular weight is 130 g/mol. The summed E-state index contributed by atoms with van der Waals surface area (Å²) in [6.07, 6.45) is -0.486. The molecule has 2 atom stereocenters. The Bertz CT molecular complexity index is 152. The van der Waals surface area contributed by atoms with Gasteiger partial charge in [0.15, 0.2) is 11.9 Å². The summed E-state index contributed by atoms with van der Waals surface area (Å²) >= 11 is 0. The molecule has 1 aliphatic carbocycles. The lowest BCUT2D eigenvalue weighted by molar-refractivity contribution is -0.119. The van der Waals surface area contributed by atoms with Gasteiger partial charge in [-0.1, -0.05) is 13.8 Å². The highest BCUT2D eigenvalue weighted by Gasteiger charge is 2.71. The van der Waals surface area contributed by atoms with Crippen molar-refractivity contribution >= 4 is 6.29 Å². The molecule has 0 aromatic carbocycles. The van der Waals surface area contributed by atoms with Crippen LogP contribution in [0.15, 0.2) is 0 Å². The Kier molecular flexibility index (Phi) is 1.01. The minimum Gasteiger partial charge on any atom is -0.389 e. The van der Waals surface area contributed by atoms with Crippen molar-refractivity contribution < 1.29 is 15.0 Å². The zero-order valence-corrected chi connectivity index (χ0v) is 5.46. The summed E-state index contributed by atoms with van der Waals surface area (Å²) < 4.78 is 0. The molecular weight excluding hydrogens is 120 g/mol. The molecule has 0 bridgehead atoms. The van der Waals surface area contributed by atoms with E-state index < -0.39 is 17.1 Å². The van der Waals surface area contributed by atoms with Crippen LogP contribution in [0.1, 0.15) is 13.8 Å². The Morgan fingerprint density at radius 3 is 1.89 bits per heavy atom. The number of hydrogen-bond donors (Lipinski definition) is 2. The Morgan fingerprint density at radius 2 is 1.89 bits per heavy atom. The molecule has 0 saturated heterocycles. The van der Waals surface area contributed by atoms with Crippen LogP contribution < -0.4 is 0 Å². The zero-order valence-electron chi connectivity index (χ0n) is 5.46. The number of aliphatic hydroxyl groups excluding tert-OH is 1. The average Bonchev–Trinajstić information content (AvgIpc) is 2.16. The van der Waals surface area contributed by atoms with Crippen LogP contribution in [0.2, 0.25) is 0 Å². The van der Waals surface area contributed by atoms with E-state index >= 15 is 0 Å². The van der Waals surface area contributed by atoms with Crippen molar-refractivity contribution in [3.8, 4) is 0 Å². The van der Waals surface area contributed by atoms with E-state index in [1.165, 1.54) is 0 Å². The summed E-state index contributed by atoms with van der Waals surface area (Å²) in [7, 11) is 0. The lowest BCUT2D eigenvalue weighted by Crippen LogP contribution is -2.18. The first-order valence-corrected chi connectivity index (χ1v) is 2.83. The number of rotatable bonds is 1. The highest BCUT2D eigenvalue weighted by atomic mass is 16.4.